The second-order valence-electron chi connectivity index (χ2n) is 8.83. The van der Waals surface area contributed by atoms with E-state index in [9.17, 15) is 18.8 Å². The Morgan fingerprint density at radius 3 is 2.36 bits per heavy atom. The van der Waals surface area contributed by atoms with Crippen molar-refractivity contribution in [3.63, 3.8) is 0 Å². The molecule has 4 amide bonds. The van der Waals surface area contributed by atoms with Crippen LogP contribution in [0.2, 0.25) is 0 Å². The van der Waals surface area contributed by atoms with E-state index in [1.54, 1.807) is 15.9 Å². The van der Waals surface area contributed by atoms with Crippen LogP contribution in [-0.4, -0.2) is 59.4 Å². The number of urea groups is 1. The average molecular weight is 455 g/mol. The van der Waals surface area contributed by atoms with Crippen molar-refractivity contribution in [3.05, 3.63) is 65.5 Å². The first-order chi connectivity index (χ1) is 15.7. The lowest BCUT2D eigenvalue weighted by molar-refractivity contribution is -0.136. The van der Waals surface area contributed by atoms with E-state index in [1.807, 2.05) is 52.0 Å². The smallest absolute Gasteiger partial charge is 0.319 e. The van der Waals surface area contributed by atoms with Gasteiger partial charge in [0.1, 0.15) is 11.9 Å². The Bertz CT molecular complexity index is 1010. The molecule has 1 fully saturated rings. The van der Waals surface area contributed by atoms with Crippen molar-refractivity contribution in [2.24, 2.45) is 5.92 Å². The van der Waals surface area contributed by atoms with E-state index in [-0.39, 0.29) is 23.8 Å². The van der Waals surface area contributed by atoms with Crippen molar-refractivity contribution in [3.8, 4) is 0 Å². The van der Waals surface area contributed by atoms with Crippen LogP contribution in [-0.2, 0) is 4.79 Å². The van der Waals surface area contributed by atoms with Crippen molar-refractivity contribution >= 4 is 23.5 Å². The molecule has 2 N–H and O–H groups in total. The summed E-state index contributed by atoms with van der Waals surface area (Å²) in [4.78, 5) is 42.1. The highest BCUT2D eigenvalue weighted by Crippen LogP contribution is 2.17. The Kier molecular flexibility index (Phi) is 7.68. The molecule has 7 nitrogen and oxygen atoms in total. The van der Waals surface area contributed by atoms with Crippen LogP contribution in [0.3, 0.4) is 0 Å². The molecule has 0 aliphatic carbocycles. The molecule has 2 atom stereocenters. The zero-order valence-corrected chi connectivity index (χ0v) is 19.5. The molecule has 0 saturated carbocycles. The number of hydrogen-bond donors (Lipinski definition) is 2. The number of anilines is 1. The highest BCUT2D eigenvalue weighted by atomic mass is 19.1. The quantitative estimate of drug-likeness (QED) is 0.724. The normalized spacial score (nSPS) is 17.0. The number of amides is 4. The minimum atomic E-state index is -0.745. The maximum absolute atomic E-state index is 13.4. The Labute approximate surface area is 193 Å². The lowest BCUT2D eigenvalue weighted by Crippen LogP contribution is -2.60. The van der Waals surface area contributed by atoms with Crippen LogP contribution in [0, 0.1) is 18.7 Å². The monoisotopic (exact) mass is 454 g/mol. The Morgan fingerprint density at radius 1 is 1.06 bits per heavy atom. The molecule has 2 aromatic rings. The number of halogens is 1. The van der Waals surface area contributed by atoms with Crippen LogP contribution >= 0.6 is 0 Å². The van der Waals surface area contributed by atoms with Gasteiger partial charge in [0.15, 0.2) is 0 Å². The van der Waals surface area contributed by atoms with Gasteiger partial charge in [-0.15, -0.1) is 0 Å². The van der Waals surface area contributed by atoms with Gasteiger partial charge in [-0.2, -0.15) is 0 Å². The predicted molar refractivity (Wildman–Crippen MR) is 125 cm³/mol. The molecule has 2 aromatic carbocycles. The van der Waals surface area contributed by atoms with Crippen molar-refractivity contribution in [2.45, 2.75) is 39.8 Å². The van der Waals surface area contributed by atoms with Crippen LogP contribution in [0.4, 0.5) is 14.9 Å². The topological polar surface area (TPSA) is 81.8 Å². The van der Waals surface area contributed by atoms with E-state index in [2.05, 4.69) is 10.6 Å². The molecular formula is C25H31FN4O3. The minimum absolute atomic E-state index is 0.0531. The molecule has 33 heavy (non-hydrogen) atoms. The Hall–Kier alpha value is -3.42. The number of carbonyl (C=O) groups is 3. The van der Waals surface area contributed by atoms with Gasteiger partial charge in [-0.1, -0.05) is 37.6 Å². The van der Waals surface area contributed by atoms with Gasteiger partial charge in [0.2, 0.25) is 5.91 Å². The zero-order chi connectivity index (χ0) is 24.1. The van der Waals surface area contributed by atoms with Gasteiger partial charge in [0.25, 0.3) is 5.91 Å². The Morgan fingerprint density at radius 2 is 1.76 bits per heavy atom. The van der Waals surface area contributed by atoms with Crippen LogP contribution in [0.15, 0.2) is 48.5 Å². The lowest BCUT2D eigenvalue weighted by atomic mass is 10.0. The molecule has 8 heteroatoms. The molecule has 0 bridgehead atoms. The van der Waals surface area contributed by atoms with Crippen molar-refractivity contribution < 1.29 is 18.8 Å². The first kappa shape index (κ1) is 24.2. The summed E-state index contributed by atoms with van der Waals surface area (Å²) < 4.78 is 13.4. The van der Waals surface area contributed by atoms with E-state index < -0.39 is 17.9 Å². The molecule has 0 spiro atoms. The fourth-order valence-electron chi connectivity index (χ4n) is 3.91. The fourth-order valence-corrected chi connectivity index (χ4v) is 3.91. The van der Waals surface area contributed by atoms with Crippen molar-refractivity contribution in [1.82, 2.24) is 15.1 Å². The summed E-state index contributed by atoms with van der Waals surface area (Å²) in [5, 5.41) is 5.28. The van der Waals surface area contributed by atoms with Gasteiger partial charge in [-0.3, -0.25) is 9.59 Å². The number of benzene rings is 2. The van der Waals surface area contributed by atoms with Crippen LogP contribution in [0.25, 0.3) is 0 Å². The number of nitrogens with zero attached hydrogens (tertiary/aromatic N) is 2. The molecule has 1 aliphatic rings. The highest BCUT2D eigenvalue weighted by Gasteiger charge is 2.34. The third-order valence-corrected chi connectivity index (χ3v) is 5.80. The summed E-state index contributed by atoms with van der Waals surface area (Å²) in [6.45, 7) is 8.78. The van der Waals surface area contributed by atoms with Gasteiger partial charge in [0.05, 0.1) is 0 Å². The van der Waals surface area contributed by atoms with Crippen molar-refractivity contribution in [2.75, 3.05) is 25.0 Å². The van der Waals surface area contributed by atoms with Gasteiger partial charge >= 0.3 is 6.03 Å². The van der Waals surface area contributed by atoms with Crippen LogP contribution in [0.1, 0.15) is 36.7 Å². The van der Waals surface area contributed by atoms with E-state index >= 15 is 0 Å². The van der Waals surface area contributed by atoms with E-state index in [1.165, 1.54) is 18.2 Å². The number of nitrogens with one attached hydrogen (secondary N) is 2. The third kappa shape index (κ3) is 6.09. The number of aryl methyl sites for hydroxylation is 1. The summed E-state index contributed by atoms with van der Waals surface area (Å²) in [6, 6.07) is 11.5. The first-order valence-corrected chi connectivity index (χ1v) is 11.1. The summed E-state index contributed by atoms with van der Waals surface area (Å²) in [7, 11) is 0. The Balaban J connectivity index is 1.62. The predicted octanol–water partition coefficient (Wildman–Crippen LogP) is 3.65. The maximum Gasteiger partial charge on any atom is 0.319 e. The van der Waals surface area contributed by atoms with Crippen LogP contribution in [0.5, 0.6) is 0 Å². The van der Waals surface area contributed by atoms with E-state index in [0.29, 0.717) is 30.9 Å². The molecule has 1 aliphatic heterocycles. The third-order valence-electron chi connectivity index (χ3n) is 5.80. The van der Waals surface area contributed by atoms with E-state index in [4.69, 9.17) is 0 Å². The summed E-state index contributed by atoms with van der Waals surface area (Å²) in [6.07, 6.45) is 0. The second-order valence-corrected chi connectivity index (χ2v) is 8.83. The van der Waals surface area contributed by atoms with Crippen molar-refractivity contribution in [1.29, 1.82) is 0 Å². The minimum Gasteiger partial charge on any atom is -0.337 e. The molecule has 1 heterocycles. The van der Waals surface area contributed by atoms with Gasteiger partial charge in [0, 0.05) is 36.9 Å². The number of piperazine rings is 1. The number of rotatable bonds is 5. The molecule has 0 aromatic heterocycles. The van der Waals surface area contributed by atoms with Gasteiger partial charge in [-0.25, -0.2) is 9.18 Å². The average Bonchev–Trinajstić information content (AvgIpc) is 2.77. The SMILES string of the molecule is Cc1ccc(C(=O)N2CCN(C(=O)C(NC(=O)Nc3cccc(F)c3)C(C)C)CC2C)cc1. The highest BCUT2D eigenvalue weighted by molar-refractivity contribution is 5.95. The summed E-state index contributed by atoms with van der Waals surface area (Å²) >= 11 is 0. The van der Waals surface area contributed by atoms with Crippen LogP contribution < -0.4 is 10.6 Å². The molecule has 0 radical (unpaired) electrons. The number of hydrogen-bond acceptors (Lipinski definition) is 3. The maximum atomic E-state index is 13.4. The largest absolute Gasteiger partial charge is 0.337 e. The lowest BCUT2D eigenvalue weighted by Gasteiger charge is -2.41. The molecule has 176 valence electrons. The summed E-state index contributed by atoms with van der Waals surface area (Å²) in [5.74, 6) is -0.870. The first-order valence-electron chi connectivity index (χ1n) is 11.1. The molecule has 3 rings (SSSR count). The van der Waals surface area contributed by atoms with E-state index in [0.717, 1.165) is 5.56 Å². The van der Waals surface area contributed by atoms with Gasteiger partial charge < -0.3 is 20.4 Å². The fraction of sp³-hybridized carbons (Fsp3) is 0.400. The number of carbonyl (C=O) groups excluding carboxylic acids is 3. The van der Waals surface area contributed by atoms with Gasteiger partial charge in [-0.05, 0) is 50.1 Å². The second kappa shape index (κ2) is 10.5. The summed E-state index contributed by atoms with van der Waals surface area (Å²) in [5.41, 5.74) is 2.02. The molecular weight excluding hydrogens is 423 g/mol. The molecule has 2 unspecified atom stereocenters. The molecule has 1 saturated heterocycles. The zero-order valence-electron chi connectivity index (χ0n) is 19.5. The standard InChI is InChI=1S/C25H31FN4O3/c1-16(2)22(28-25(33)27-21-7-5-6-20(26)14-21)24(32)29-12-13-30(18(4)15-29)23(31)19-10-8-17(3)9-11-19/h5-11,14,16,18,22H,12-13,15H2,1-4H3,(H2,27,28,33).